The van der Waals surface area contributed by atoms with Gasteiger partial charge in [0.05, 0.1) is 17.7 Å². The van der Waals surface area contributed by atoms with Crippen LogP contribution in [0.2, 0.25) is 0 Å². The Morgan fingerprint density at radius 1 is 1.21 bits per heavy atom. The van der Waals surface area contributed by atoms with Crippen molar-refractivity contribution in [1.82, 2.24) is 0 Å². The standard InChI is InChI=1S/C19H21F4NO4/c1-2-28-18(27)12(10-24-19(7-8-25)5-3-4-6-19)17(26)11-9-13(20)15(22)16(23)14(11)21/h9-10,25-26H,2-8H2,1H3/b17-12-,24-10?. The maximum absolute atomic E-state index is 14.0. The number of carbonyl (C=O) groups excluding carboxylic acids is 1. The zero-order chi connectivity index (χ0) is 20.9. The molecule has 0 amide bonds. The lowest BCUT2D eigenvalue weighted by Crippen LogP contribution is -2.24. The minimum Gasteiger partial charge on any atom is -0.506 e. The summed E-state index contributed by atoms with van der Waals surface area (Å²) in [7, 11) is 0. The Morgan fingerprint density at radius 2 is 1.86 bits per heavy atom. The normalized spacial score (nSPS) is 17.1. The molecule has 0 heterocycles. The number of nitrogens with zero attached hydrogens (tertiary/aromatic N) is 1. The van der Waals surface area contributed by atoms with Crippen LogP contribution in [-0.4, -0.2) is 41.1 Å². The average Bonchev–Trinajstić information content (AvgIpc) is 3.12. The molecule has 0 aromatic heterocycles. The van der Waals surface area contributed by atoms with Gasteiger partial charge in [0.2, 0.25) is 0 Å². The molecule has 0 spiro atoms. The van der Waals surface area contributed by atoms with E-state index in [1.807, 2.05) is 0 Å². The third kappa shape index (κ3) is 4.52. The highest BCUT2D eigenvalue weighted by atomic mass is 19.2. The first-order valence-corrected chi connectivity index (χ1v) is 8.86. The van der Waals surface area contributed by atoms with Crippen molar-refractivity contribution in [2.45, 2.75) is 44.6 Å². The minimum atomic E-state index is -2.12. The summed E-state index contributed by atoms with van der Waals surface area (Å²) in [6.07, 6.45) is 4.24. The Kier molecular flexibility index (Phi) is 7.17. The van der Waals surface area contributed by atoms with Crippen molar-refractivity contribution in [3.05, 3.63) is 40.5 Å². The van der Waals surface area contributed by atoms with Crippen molar-refractivity contribution < 1.29 is 37.3 Å². The van der Waals surface area contributed by atoms with Gasteiger partial charge in [0, 0.05) is 12.8 Å². The fraction of sp³-hybridized carbons (Fsp3) is 0.474. The number of esters is 1. The van der Waals surface area contributed by atoms with Crippen molar-refractivity contribution in [2.24, 2.45) is 4.99 Å². The Hall–Kier alpha value is -2.42. The third-order valence-corrected chi connectivity index (χ3v) is 4.69. The van der Waals surface area contributed by atoms with E-state index < -0.39 is 51.7 Å². The van der Waals surface area contributed by atoms with Gasteiger partial charge >= 0.3 is 5.97 Å². The molecule has 0 aliphatic heterocycles. The van der Waals surface area contributed by atoms with Gasteiger partial charge in [-0.2, -0.15) is 0 Å². The van der Waals surface area contributed by atoms with E-state index in [2.05, 4.69) is 4.99 Å². The third-order valence-electron chi connectivity index (χ3n) is 4.69. The van der Waals surface area contributed by atoms with Crippen LogP contribution in [0.4, 0.5) is 17.6 Å². The Labute approximate surface area is 159 Å². The SMILES string of the molecule is CCOC(=O)/C(C=NC1(CCO)CCCC1)=C(\O)c1cc(F)c(F)c(F)c1F. The van der Waals surface area contributed by atoms with Crippen LogP contribution in [0, 0.1) is 23.3 Å². The predicted molar refractivity (Wildman–Crippen MR) is 93.8 cm³/mol. The van der Waals surface area contributed by atoms with E-state index in [0.717, 1.165) is 19.1 Å². The number of rotatable bonds is 7. The first-order valence-electron chi connectivity index (χ1n) is 8.86. The molecule has 2 N–H and O–H groups in total. The number of hydrogen-bond donors (Lipinski definition) is 2. The highest BCUT2D eigenvalue weighted by Gasteiger charge is 2.33. The monoisotopic (exact) mass is 403 g/mol. The highest BCUT2D eigenvalue weighted by molar-refractivity contribution is 6.15. The quantitative estimate of drug-likeness (QED) is 0.138. The molecule has 1 fully saturated rings. The van der Waals surface area contributed by atoms with E-state index in [1.165, 1.54) is 6.92 Å². The molecule has 1 aliphatic carbocycles. The molecule has 1 saturated carbocycles. The summed E-state index contributed by atoms with van der Waals surface area (Å²) >= 11 is 0. The topological polar surface area (TPSA) is 79.1 Å². The van der Waals surface area contributed by atoms with Gasteiger partial charge in [0.15, 0.2) is 23.3 Å². The van der Waals surface area contributed by atoms with Crippen LogP contribution in [0.25, 0.3) is 5.76 Å². The fourth-order valence-corrected chi connectivity index (χ4v) is 3.20. The van der Waals surface area contributed by atoms with Crippen LogP contribution in [0.1, 0.15) is 44.6 Å². The Morgan fingerprint density at radius 3 is 2.43 bits per heavy atom. The summed E-state index contributed by atoms with van der Waals surface area (Å²) in [6.45, 7) is 1.26. The molecule has 0 unspecified atom stereocenters. The summed E-state index contributed by atoms with van der Waals surface area (Å²) in [5, 5.41) is 19.6. The number of aliphatic hydroxyl groups is 2. The second-order valence-corrected chi connectivity index (χ2v) is 6.49. The largest absolute Gasteiger partial charge is 0.506 e. The van der Waals surface area contributed by atoms with Crippen molar-refractivity contribution in [3.63, 3.8) is 0 Å². The summed E-state index contributed by atoms with van der Waals surface area (Å²) in [5.74, 6) is -9.95. The van der Waals surface area contributed by atoms with Gasteiger partial charge in [-0.1, -0.05) is 12.8 Å². The number of benzene rings is 1. The summed E-state index contributed by atoms with van der Waals surface area (Å²) in [6, 6.07) is 0.245. The van der Waals surface area contributed by atoms with Gasteiger partial charge in [-0.25, -0.2) is 22.4 Å². The predicted octanol–water partition coefficient (Wildman–Crippen LogP) is 3.84. The molecule has 2 rings (SSSR count). The maximum atomic E-state index is 14.0. The van der Waals surface area contributed by atoms with Crippen molar-refractivity contribution >= 4 is 17.9 Å². The second kappa shape index (κ2) is 9.18. The molecular weight excluding hydrogens is 382 g/mol. The lowest BCUT2D eigenvalue weighted by atomic mass is 9.94. The average molecular weight is 403 g/mol. The van der Waals surface area contributed by atoms with E-state index in [-0.39, 0.29) is 19.3 Å². The lowest BCUT2D eigenvalue weighted by Gasteiger charge is -2.23. The number of ether oxygens (including phenoxy) is 1. The summed E-state index contributed by atoms with van der Waals surface area (Å²) < 4.78 is 59.0. The van der Waals surface area contributed by atoms with E-state index in [4.69, 9.17) is 4.74 Å². The van der Waals surface area contributed by atoms with Crippen LogP contribution in [0.3, 0.4) is 0 Å². The molecule has 0 radical (unpaired) electrons. The van der Waals surface area contributed by atoms with Gasteiger partial charge in [-0.05, 0) is 32.3 Å². The maximum Gasteiger partial charge on any atom is 0.343 e. The van der Waals surface area contributed by atoms with Gasteiger partial charge in [-0.3, -0.25) is 4.99 Å². The molecule has 1 aliphatic rings. The number of aliphatic imine (C=N–C) groups is 1. The molecule has 154 valence electrons. The first kappa shape index (κ1) is 21.9. The van der Waals surface area contributed by atoms with E-state index >= 15 is 0 Å². The summed E-state index contributed by atoms with van der Waals surface area (Å²) in [5.41, 5.74) is -2.33. The van der Waals surface area contributed by atoms with Gasteiger partial charge in [0.1, 0.15) is 11.3 Å². The van der Waals surface area contributed by atoms with Crippen molar-refractivity contribution in [2.75, 3.05) is 13.2 Å². The van der Waals surface area contributed by atoms with E-state index in [0.29, 0.717) is 19.3 Å². The molecular formula is C19H21F4NO4. The highest BCUT2D eigenvalue weighted by Crippen LogP contribution is 2.36. The lowest BCUT2D eigenvalue weighted by molar-refractivity contribution is -0.137. The van der Waals surface area contributed by atoms with Crippen LogP contribution in [0.5, 0.6) is 0 Å². The number of halogens is 4. The number of hydrogen-bond acceptors (Lipinski definition) is 5. The minimum absolute atomic E-state index is 0.0835. The molecule has 1 aromatic carbocycles. The van der Waals surface area contributed by atoms with E-state index in [1.54, 1.807) is 0 Å². The van der Waals surface area contributed by atoms with Crippen LogP contribution >= 0.6 is 0 Å². The smallest absolute Gasteiger partial charge is 0.343 e. The van der Waals surface area contributed by atoms with Crippen LogP contribution in [0.15, 0.2) is 16.6 Å². The van der Waals surface area contributed by atoms with Gasteiger partial charge in [-0.15, -0.1) is 0 Å². The zero-order valence-corrected chi connectivity index (χ0v) is 15.3. The molecule has 0 bridgehead atoms. The molecule has 1 aromatic rings. The number of aliphatic hydroxyl groups excluding tert-OH is 2. The Bertz CT molecular complexity index is 802. The fourth-order valence-electron chi connectivity index (χ4n) is 3.20. The zero-order valence-electron chi connectivity index (χ0n) is 15.3. The molecule has 0 atom stereocenters. The summed E-state index contributed by atoms with van der Waals surface area (Å²) in [4.78, 5) is 16.5. The molecule has 9 heteroatoms. The van der Waals surface area contributed by atoms with Crippen molar-refractivity contribution in [1.29, 1.82) is 0 Å². The van der Waals surface area contributed by atoms with Crippen molar-refractivity contribution in [3.8, 4) is 0 Å². The Balaban J connectivity index is 2.56. The molecule has 0 saturated heterocycles. The van der Waals surface area contributed by atoms with Crippen LogP contribution in [-0.2, 0) is 9.53 Å². The molecule has 5 nitrogen and oxygen atoms in total. The van der Waals surface area contributed by atoms with Gasteiger partial charge < -0.3 is 14.9 Å². The second-order valence-electron chi connectivity index (χ2n) is 6.49. The first-order chi connectivity index (χ1) is 13.3. The van der Waals surface area contributed by atoms with Crippen LogP contribution < -0.4 is 0 Å². The van der Waals surface area contributed by atoms with Gasteiger partial charge in [0.25, 0.3) is 0 Å². The molecule has 28 heavy (non-hydrogen) atoms. The number of carbonyl (C=O) groups is 1. The van der Waals surface area contributed by atoms with E-state index in [9.17, 15) is 32.6 Å².